The predicted octanol–water partition coefficient (Wildman–Crippen LogP) is 3.90. The molecule has 96 valence electrons. The lowest BCUT2D eigenvalue weighted by Gasteiger charge is -2.31. The van der Waals surface area contributed by atoms with Crippen molar-refractivity contribution >= 4 is 11.6 Å². The van der Waals surface area contributed by atoms with Crippen molar-refractivity contribution in [3.63, 3.8) is 0 Å². The van der Waals surface area contributed by atoms with E-state index in [0.717, 1.165) is 18.5 Å². The average Bonchev–Trinajstić information content (AvgIpc) is 2.22. The minimum absolute atomic E-state index is 0.165. The second-order valence-corrected chi connectivity index (χ2v) is 5.92. The van der Waals surface area contributed by atoms with E-state index < -0.39 is 0 Å². The summed E-state index contributed by atoms with van der Waals surface area (Å²) in [6.45, 7) is 7.49. The molecule has 1 aromatic carbocycles. The van der Waals surface area contributed by atoms with Crippen LogP contribution < -0.4 is 5.32 Å². The highest BCUT2D eigenvalue weighted by Gasteiger charge is 2.25. The fourth-order valence-electron chi connectivity index (χ4n) is 1.90. The molecule has 0 radical (unpaired) electrons. The molecule has 0 aliphatic rings. The van der Waals surface area contributed by atoms with Gasteiger partial charge in [0, 0.05) is 0 Å². The maximum Gasteiger partial charge on any atom is 0.142 e. The van der Waals surface area contributed by atoms with Crippen LogP contribution in [0.4, 0.5) is 4.39 Å². The molecule has 0 saturated carbocycles. The summed E-state index contributed by atoms with van der Waals surface area (Å²) in [5, 5.41) is 3.45. The minimum Gasteiger partial charge on any atom is -0.319 e. The van der Waals surface area contributed by atoms with Crippen molar-refractivity contribution in [2.75, 3.05) is 13.6 Å². The Bertz CT molecular complexity index is 371. The Morgan fingerprint density at radius 1 is 1.35 bits per heavy atom. The molecule has 0 bridgehead atoms. The number of benzene rings is 1. The van der Waals surface area contributed by atoms with Crippen LogP contribution in [-0.4, -0.2) is 13.6 Å². The standard InChI is InChI=1S/C14H21ClFN/c1-14(2,3)11(9-17-4)8-10-6-5-7-12(16)13(10)15/h5-7,11,17H,8-9H2,1-4H3. The SMILES string of the molecule is CNCC(Cc1cccc(F)c1Cl)C(C)(C)C. The normalized spacial score (nSPS) is 13.8. The quantitative estimate of drug-likeness (QED) is 0.863. The number of rotatable bonds is 4. The maximum atomic E-state index is 13.4. The third-order valence-electron chi connectivity index (χ3n) is 3.17. The molecule has 0 spiro atoms. The molecule has 1 unspecified atom stereocenters. The van der Waals surface area contributed by atoms with E-state index in [0.29, 0.717) is 5.92 Å². The molecular formula is C14H21ClFN. The van der Waals surface area contributed by atoms with Crippen molar-refractivity contribution in [3.05, 3.63) is 34.6 Å². The Hall–Kier alpha value is -0.600. The van der Waals surface area contributed by atoms with Crippen LogP contribution in [0.3, 0.4) is 0 Å². The van der Waals surface area contributed by atoms with Crippen LogP contribution >= 0.6 is 11.6 Å². The van der Waals surface area contributed by atoms with Gasteiger partial charge in [-0.3, -0.25) is 0 Å². The highest BCUT2D eigenvalue weighted by molar-refractivity contribution is 6.31. The molecule has 1 aromatic rings. The number of hydrogen-bond acceptors (Lipinski definition) is 1. The van der Waals surface area contributed by atoms with E-state index in [1.54, 1.807) is 6.07 Å². The summed E-state index contributed by atoms with van der Waals surface area (Å²) in [5.41, 5.74) is 1.06. The third-order valence-corrected chi connectivity index (χ3v) is 3.60. The highest BCUT2D eigenvalue weighted by atomic mass is 35.5. The first-order chi connectivity index (χ1) is 7.86. The summed E-state index contributed by atoms with van der Waals surface area (Å²) in [6.07, 6.45) is 0.793. The van der Waals surface area contributed by atoms with E-state index in [4.69, 9.17) is 11.6 Å². The first-order valence-electron chi connectivity index (χ1n) is 5.93. The van der Waals surface area contributed by atoms with Gasteiger partial charge in [-0.05, 0) is 43.0 Å². The van der Waals surface area contributed by atoms with Crippen LogP contribution in [0.2, 0.25) is 5.02 Å². The largest absolute Gasteiger partial charge is 0.319 e. The molecule has 1 atom stereocenters. The van der Waals surface area contributed by atoms with Crippen molar-refractivity contribution in [2.45, 2.75) is 27.2 Å². The second kappa shape index (κ2) is 5.83. The number of hydrogen-bond donors (Lipinski definition) is 1. The summed E-state index contributed by atoms with van der Waals surface area (Å²) in [4.78, 5) is 0. The monoisotopic (exact) mass is 257 g/mol. The molecule has 3 heteroatoms. The van der Waals surface area contributed by atoms with Crippen LogP contribution in [0.1, 0.15) is 26.3 Å². The van der Waals surface area contributed by atoms with Crippen LogP contribution in [-0.2, 0) is 6.42 Å². The van der Waals surface area contributed by atoms with Crippen LogP contribution in [0.5, 0.6) is 0 Å². The van der Waals surface area contributed by atoms with Crippen molar-refractivity contribution in [2.24, 2.45) is 11.3 Å². The van der Waals surface area contributed by atoms with Crippen LogP contribution in [0.25, 0.3) is 0 Å². The van der Waals surface area contributed by atoms with E-state index in [1.807, 2.05) is 13.1 Å². The molecule has 1 rings (SSSR count). The van der Waals surface area contributed by atoms with Gasteiger partial charge in [-0.1, -0.05) is 44.5 Å². The lowest BCUT2D eigenvalue weighted by atomic mass is 9.77. The number of halogens is 2. The van der Waals surface area contributed by atoms with Gasteiger partial charge in [0.05, 0.1) is 5.02 Å². The van der Waals surface area contributed by atoms with Crippen LogP contribution in [0.15, 0.2) is 18.2 Å². The van der Waals surface area contributed by atoms with Crippen molar-refractivity contribution in [3.8, 4) is 0 Å². The van der Waals surface area contributed by atoms with E-state index in [9.17, 15) is 4.39 Å². The average molecular weight is 258 g/mol. The Labute approximate surface area is 108 Å². The van der Waals surface area contributed by atoms with Crippen molar-refractivity contribution in [1.82, 2.24) is 5.32 Å². The number of nitrogens with one attached hydrogen (secondary N) is 1. The van der Waals surface area contributed by atoms with Gasteiger partial charge in [-0.2, -0.15) is 0 Å². The molecule has 1 N–H and O–H groups in total. The van der Waals surface area contributed by atoms with Gasteiger partial charge in [0.15, 0.2) is 0 Å². The fraction of sp³-hybridized carbons (Fsp3) is 0.571. The second-order valence-electron chi connectivity index (χ2n) is 5.54. The van der Waals surface area contributed by atoms with Crippen molar-refractivity contribution in [1.29, 1.82) is 0 Å². The molecule has 0 heterocycles. The maximum absolute atomic E-state index is 13.4. The molecule has 1 nitrogen and oxygen atoms in total. The first-order valence-corrected chi connectivity index (χ1v) is 6.31. The van der Waals surface area contributed by atoms with Gasteiger partial charge in [0.1, 0.15) is 5.82 Å². The minimum atomic E-state index is -0.332. The Balaban J connectivity index is 2.90. The summed E-state index contributed by atoms with van der Waals surface area (Å²) >= 11 is 5.99. The van der Waals surface area contributed by atoms with E-state index in [-0.39, 0.29) is 16.3 Å². The zero-order valence-electron chi connectivity index (χ0n) is 11.0. The smallest absolute Gasteiger partial charge is 0.142 e. The van der Waals surface area contributed by atoms with E-state index >= 15 is 0 Å². The predicted molar refractivity (Wildman–Crippen MR) is 72.0 cm³/mol. The molecular weight excluding hydrogens is 237 g/mol. The Morgan fingerprint density at radius 3 is 2.53 bits per heavy atom. The Kier molecular flexibility index (Phi) is 4.96. The first kappa shape index (κ1) is 14.5. The van der Waals surface area contributed by atoms with Gasteiger partial charge >= 0.3 is 0 Å². The third kappa shape index (κ3) is 3.97. The molecule has 0 saturated heterocycles. The molecule has 0 aliphatic heterocycles. The fourth-order valence-corrected chi connectivity index (χ4v) is 2.11. The van der Waals surface area contributed by atoms with Crippen molar-refractivity contribution < 1.29 is 4.39 Å². The summed E-state index contributed by atoms with van der Waals surface area (Å²) in [6, 6.07) is 5.02. The zero-order chi connectivity index (χ0) is 13.1. The Morgan fingerprint density at radius 2 is 2.00 bits per heavy atom. The molecule has 17 heavy (non-hydrogen) atoms. The lowest BCUT2D eigenvalue weighted by molar-refractivity contribution is 0.234. The van der Waals surface area contributed by atoms with Gasteiger partial charge in [-0.25, -0.2) is 4.39 Å². The van der Waals surface area contributed by atoms with Gasteiger partial charge < -0.3 is 5.32 Å². The molecule has 0 aliphatic carbocycles. The summed E-state index contributed by atoms with van der Waals surface area (Å²) < 4.78 is 13.4. The van der Waals surface area contributed by atoms with E-state index in [2.05, 4.69) is 26.1 Å². The summed E-state index contributed by atoms with van der Waals surface area (Å²) in [5.74, 6) is 0.0908. The molecule has 0 amide bonds. The van der Waals surface area contributed by atoms with Gasteiger partial charge in [-0.15, -0.1) is 0 Å². The zero-order valence-corrected chi connectivity index (χ0v) is 11.7. The van der Waals surface area contributed by atoms with Gasteiger partial charge in [0.2, 0.25) is 0 Å². The lowest BCUT2D eigenvalue weighted by Crippen LogP contribution is -2.31. The highest BCUT2D eigenvalue weighted by Crippen LogP contribution is 2.31. The molecule has 0 aromatic heterocycles. The summed E-state index contributed by atoms with van der Waals surface area (Å²) in [7, 11) is 1.94. The van der Waals surface area contributed by atoms with E-state index in [1.165, 1.54) is 6.07 Å². The molecule has 0 fully saturated rings. The van der Waals surface area contributed by atoms with Gasteiger partial charge in [0.25, 0.3) is 0 Å². The topological polar surface area (TPSA) is 12.0 Å². The van der Waals surface area contributed by atoms with Crippen LogP contribution in [0, 0.1) is 17.2 Å².